The van der Waals surface area contributed by atoms with Crippen LogP contribution in [0.1, 0.15) is 41.0 Å². The molecule has 0 unspecified atom stereocenters. The van der Waals surface area contributed by atoms with Crippen molar-refractivity contribution in [3.63, 3.8) is 0 Å². The zero-order valence-electron chi connectivity index (χ0n) is 22.1. The molecular weight excluding hydrogens is 486 g/mol. The molecule has 196 valence electrons. The van der Waals surface area contributed by atoms with Crippen LogP contribution in [-0.4, -0.2) is 32.4 Å². The maximum Gasteiger partial charge on any atom is 0.318 e. The van der Waals surface area contributed by atoms with Gasteiger partial charge in [0.1, 0.15) is 11.6 Å². The van der Waals surface area contributed by atoms with Crippen molar-refractivity contribution in [2.45, 2.75) is 32.5 Å². The number of para-hydroxylation sites is 1. The molecule has 0 saturated carbocycles. The molecule has 1 aliphatic heterocycles. The van der Waals surface area contributed by atoms with Crippen LogP contribution in [0.25, 0.3) is 11.5 Å². The first-order valence-corrected chi connectivity index (χ1v) is 13.2. The minimum atomic E-state index is -0.341. The standard InChI is InChI=1S/C32H31N5O2/c1-3-28-27-22-36(32(38)33-21-23-12-6-4-7-13-23)30(24-14-10-17-26(20-24)39-2)29-18-11-19-35(29)31(27)37(34-28)25-15-8-5-9-16-25/h4-20,30H,3,21-22H2,1-2H3,(H,33,38)/t30-/m1/s1. The van der Waals surface area contributed by atoms with Gasteiger partial charge in [-0.25, -0.2) is 9.48 Å². The molecule has 0 aliphatic carbocycles. The van der Waals surface area contributed by atoms with Gasteiger partial charge in [0.2, 0.25) is 0 Å². The maximum atomic E-state index is 14.0. The lowest BCUT2D eigenvalue weighted by Crippen LogP contribution is -2.41. The number of carbonyl (C=O) groups is 1. The van der Waals surface area contributed by atoms with E-state index in [0.29, 0.717) is 13.1 Å². The fraction of sp³-hybridized carbons (Fsp3) is 0.188. The molecule has 1 aliphatic rings. The summed E-state index contributed by atoms with van der Waals surface area (Å²) < 4.78 is 9.76. The second-order valence-corrected chi connectivity index (χ2v) is 9.60. The maximum absolute atomic E-state index is 14.0. The molecule has 2 aromatic heterocycles. The molecule has 0 radical (unpaired) electrons. The number of benzene rings is 3. The zero-order valence-corrected chi connectivity index (χ0v) is 22.1. The number of nitrogens with one attached hydrogen (secondary N) is 1. The van der Waals surface area contributed by atoms with E-state index in [2.05, 4.69) is 47.3 Å². The molecule has 7 heteroatoms. The van der Waals surface area contributed by atoms with Gasteiger partial charge in [-0.1, -0.05) is 67.6 Å². The van der Waals surface area contributed by atoms with Gasteiger partial charge in [-0.05, 0) is 53.9 Å². The van der Waals surface area contributed by atoms with Gasteiger partial charge in [-0.3, -0.25) is 0 Å². The van der Waals surface area contributed by atoms with E-state index in [9.17, 15) is 4.79 Å². The third-order valence-corrected chi connectivity index (χ3v) is 7.26. The van der Waals surface area contributed by atoms with Crippen molar-refractivity contribution >= 4 is 6.03 Å². The zero-order chi connectivity index (χ0) is 26.8. The Bertz CT molecular complexity index is 1590. The summed E-state index contributed by atoms with van der Waals surface area (Å²) in [5.41, 5.74) is 6.00. The molecule has 3 aromatic carbocycles. The summed E-state index contributed by atoms with van der Waals surface area (Å²) in [5.74, 6) is 1.71. The van der Waals surface area contributed by atoms with E-state index in [0.717, 1.165) is 51.8 Å². The lowest BCUT2D eigenvalue weighted by molar-refractivity contribution is 0.180. The predicted molar refractivity (Wildman–Crippen MR) is 151 cm³/mol. The van der Waals surface area contributed by atoms with Gasteiger partial charge in [-0.15, -0.1) is 0 Å². The Morgan fingerprint density at radius 3 is 2.49 bits per heavy atom. The molecule has 39 heavy (non-hydrogen) atoms. The first-order chi connectivity index (χ1) is 19.2. The second-order valence-electron chi connectivity index (χ2n) is 9.60. The quantitative estimate of drug-likeness (QED) is 0.298. The number of methoxy groups -OCH3 is 1. The van der Waals surface area contributed by atoms with Crippen molar-refractivity contribution < 1.29 is 9.53 Å². The van der Waals surface area contributed by atoms with Crippen LogP contribution in [0.3, 0.4) is 0 Å². The molecule has 2 amide bonds. The molecule has 0 bridgehead atoms. The van der Waals surface area contributed by atoms with Crippen molar-refractivity contribution in [1.82, 2.24) is 24.6 Å². The summed E-state index contributed by atoms with van der Waals surface area (Å²) in [4.78, 5) is 15.9. The molecule has 1 N–H and O–H groups in total. The van der Waals surface area contributed by atoms with E-state index < -0.39 is 0 Å². The van der Waals surface area contributed by atoms with Crippen molar-refractivity contribution in [2.24, 2.45) is 0 Å². The first kappa shape index (κ1) is 24.6. The molecule has 0 spiro atoms. The first-order valence-electron chi connectivity index (χ1n) is 13.2. The second kappa shape index (κ2) is 10.5. The van der Waals surface area contributed by atoms with E-state index in [1.165, 1.54) is 0 Å². The fourth-order valence-corrected chi connectivity index (χ4v) is 5.39. The van der Waals surface area contributed by atoms with Crippen molar-refractivity contribution in [3.8, 4) is 17.3 Å². The Hall–Kier alpha value is -4.78. The number of aryl methyl sites for hydroxylation is 1. The molecule has 7 nitrogen and oxygen atoms in total. The monoisotopic (exact) mass is 517 g/mol. The summed E-state index contributed by atoms with van der Waals surface area (Å²) in [6, 6.07) is 31.8. The summed E-state index contributed by atoms with van der Waals surface area (Å²) >= 11 is 0. The van der Waals surface area contributed by atoms with Crippen LogP contribution in [0, 0.1) is 0 Å². The highest BCUT2D eigenvalue weighted by atomic mass is 16.5. The number of hydrogen-bond acceptors (Lipinski definition) is 3. The van der Waals surface area contributed by atoms with Gasteiger partial charge in [-0.2, -0.15) is 5.10 Å². The van der Waals surface area contributed by atoms with Gasteiger partial charge >= 0.3 is 6.03 Å². The third-order valence-electron chi connectivity index (χ3n) is 7.26. The van der Waals surface area contributed by atoms with Gasteiger partial charge < -0.3 is 19.5 Å². The highest BCUT2D eigenvalue weighted by molar-refractivity contribution is 5.76. The highest BCUT2D eigenvalue weighted by Gasteiger charge is 2.36. The number of hydrogen-bond donors (Lipinski definition) is 1. The Morgan fingerprint density at radius 2 is 1.74 bits per heavy atom. The van der Waals surface area contributed by atoms with Gasteiger partial charge in [0.05, 0.1) is 36.8 Å². The molecule has 3 heterocycles. The van der Waals surface area contributed by atoms with Crippen molar-refractivity contribution in [1.29, 1.82) is 0 Å². The number of amides is 2. The molecule has 0 saturated heterocycles. The van der Waals surface area contributed by atoms with Crippen LogP contribution < -0.4 is 10.1 Å². The Labute approximate surface area is 228 Å². The van der Waals surface area contributed by atoms with Crippen LogP contribution in [-0.2, 0) is 19.5 Å². The fourth-order valence-electron chi connectivity index (χ4n) is 5.39. The number of ether oxygens (including phenoxy) is 1. The predicted octanol–water partition coefficient (Wildman–Crippen LogP) is 6.05. The Kier molecular flexibility index (Phi) is 6.63. The normalized spacial score (nSPS) is 14.3. The van der Waals surface area contributed by atoms with Crippen LogP contribution in [0.5, 0.6) is 5.75 Å². The van der Waals surface area contributed by atoms with E-state index in [1.54, 1.807) is 7.11 Å². The molecule has 0 fully saturated rings. The van der Waals surface area contributed by atoms with Crippen LogP contribution in [0.15, 0.2) is 103 Å². The number of fused-ring (bicyclic) bond motifs is 3. The minimum Gasteiger partial charge on any atom is -0.497 e. The molecular formula is C32H31N5O2. The average molecular weight is 518 g/mol. The van der Waals surface area contributed by atoms with Crippen LogP contribution in [0.2, 0.25) is 0 Å². The summed E-state index contributed by atoms with van der Waals surface area (Å²) in [5, 5.41) is 8.20. The summed E-state index contributed by atoms with van der Waals surface area (Å²) in [6.45, 7) is 2.97. The third kappa shape index (κ3) is 4.56. The highest BCUT2D eigenvalue weighted by Crippen LogP contribution is 2.39. The number of urea groups is 1. The van der Waals surface area contributed by atoms with Gasteiger partial charge in [0.15, 0.2) is 0 Å². The van der Waals surface area contributed by atoms with E-state index in [-0.39, 0.29) is 12.1 Å². The largest absolute Gasteiger partial charge is 0.497 e. The number of carbonyl (C=O) groups excluding carboxylic acids is 1. The van der Waals surface area contributed by atoms with Crippen LogP contribution in [0.4, 0.5) is 4.79 Å². The number of rotatable bonds is 6. The van der Waals surface area contributed by atoms with Crippen LogP contribution >= 0.6 is 0 Å². The Balaban J connectivity index is 1.51. The number of aromatic nitrogens is 3. The topological polar surface area (TPSA) is 64.3 Å². The van der Waals surface area contributed by atoms with E-state index in [4.69, 9.17) is 9.84 Å². The lowest BCUT2D eigenvalue weighted by atomic mass is 10.0. The SMILES string of the molecule is CCc1nn(-c2ccccc2)c2c1CN(C(=O)NCc1ccccc1)[C@H](c1cccc(OC)c1)c1cccn1-2. The van der Waals surface area contributed by atoms with Crippen molar-refractivity contribution in [2.75, 3.05) is 7.11 Å². The van der Waals surface area contributed by atoms with Gasteiger partial charge in [0.25, 0.3) is 0 Å². The van der Waals surface area contributed by atoms with Crippen molar-refractivity contribution in [3.05, 3.63) is 131 Å². The summed E-state index contributed by atoms with van der Waals surface area (Å²) in [7, 11) is 1.66. The molecule has 1 atom stereocenters. The Morgan fingerprint density at radius 1 is 0.974 bits per heavy atom. The van der Waals surface area contributed by atoms with Gasteiger partial charge in [0, 0.05) is 18.3 Å². The molecule has 6 rings (SSSR count). The number of nitrogens with zero attached hydrogens (tertiary/aromatic N) is 4. The lowest BCUT2D eigenvalue weighted by Gasteiger charge is -2.31. The van der Waals surface area contributed by atoms with E-state index in [1.807, 2.05) is 82.4 Å². The minimum absolute atomic E-state index is 0.137. The van der Waals surface area contributed by atoms with E-state index >= 15 is 0 Å². The summed E-state index contributed by atoms with van der Waals surface area (Å²) in [6.07, 6.45) is 2.81. The smallest absolute Gasteiger partial charge is 0.318 e. The molecule has 5 aromatic rings. The average Bonchev–Trinajstić information content (AvgIpc) is 3.58.